The molecule has 9 heteroatoms. The summed E-state index contributed by atoms with van der Waals surface area (Å²) in [5.74, 6) is -1.17. The summed E-state index contributed by atoms with van der Waals surface area (Å²) in [6, 6.07) is 16.4. The molecular formula is C31H41N3O6. The zero-order chi connectivity index (χ0) is 29.1. The van der Waals surface area contributed by atoms with E-state index in [1.165, 1.54) is 0 Å². The number of rotatable bonds is 12. The van der Waals surface area contributed by atoms with Gasteiger partial charge >= 0.3 is 12.1 Å². The minimum absolute atomic E-state index is 0.0231. The lowest BCUT2D eigenvalue weighted by Gasteiger charge is -2.43. The molecule has 0 heterocycles. The van der Waals surface area contributed by atoms with Gasteiger partial charge in [-0.05, 0) is 58.1 Å². The summed E-state index contributed by atoms with van der Waals surface area (Å²) in [6.45, 7) is 7.34. The Bertz CT molecular complexity index is 1130. The monoisotopic (exact) mass is 551 g/mol. The number of hydrogen-bond acceptors (Lipinski definition) is 6. The summed E-state index contributed by atoms with van der Waals surface area (Å²) in [4.78, 5) is 54.4. The Hall–Kier alpha value is -3.88. The molecule has 0 spiro atoms. The third-order valence-corrected chi connectivity index (χ3v) is 6.57. The van der Waals surface area contributed by atoms with Crippen LogP contribution in [0.25, 0.3) is 0 Å². The molecule has 2 atom stereocenters. The molecule has 0 saturated heterocycles. The highest BCUT2D eigenvalue weighted by molar-refractivity contribution is 5.92. The van der Waals surface area contributed by atoms with Gasteiger partial charge in [-0.3, -0.25) is 14.4 Å². The Balaban J connectivity index is 1.94. The van der Waals surface area contributed by atoms with Crippen LogP contribution in [0.15, 0.2) is 60.7 Å². The molecule has 0 bridgehead atoms. The zero-order valence-electron chi connectivity index (χ0n) is 23.9. The van der Waals surface area contributed by atoms with E-state index in [2.05, 4.69) is 10.6 Å². The van der Waals surface area contributed by atoms with E-state index >= 15 is 0 Å². The quantitative estimate of drug-likeness (QED) is 0.380. The van der Waals surface area contributed by atoms with Crippen molar-refractivity contribution in [3.8, 4) is 0 Å². The standard InChI is InChI=1S/C31H41N3O6/c1-5-39-26(35)19-20-32-28(36)27(23-15-10-7-11-16-23)34(24-17-12-18-24)29(37)25(21-22-13-8-6-9-14-22)33-30(38)40-31(2,3)4/h6-11,13-16,24-25,27H,5,12,17-21H2,1-4H3,(H,32,36)(H,33,38). The first kappa shape index (κ1) is 30.7. The molecule has 2 aromatic carbocycles. The van der Waals surface area contributed by atoms with Gasteiger partial charge < -0.3 is 25.0 Å². The van der Waals surface area contributed by atoms with E-state index in [1.807, 2.05) is 60.7 Å². The number of nitrogens with zero attached hydrogens (tertiary/aromatic N) is 1. The summed E-state index contributed by atoms with van der Waals surface area (Å²) in [5.41, 5.74) is 0.761. The minimum Gasteiger partial charge on any atom is -0.466 e. The molecule has 2 N–H and O–H groups in total. The van der Waals surface area contributed by atoms with Crippen molar-refractivity contribution in [1.29, 1.82) is 0 Å². The molecule has 0 aromatic heterocycles. The molecule has 2 aromatic rings. The van der Waals surface area contributed by atoms with Crippen LogP contribution < -0.4 is 10.6 Å². The normalized spacial score (nSPS) is 14.7. The predicted octanol–water partition coefficient (Wildman–Crippen LogP) is 4.31. The van der Waals surface area contributed by atoms with Crippen molar-refractivity contribution in [1.82, 2.24) is 15.5 Å². The first-order chi connectivity index (χ1) is 19.1. The number of benzene rings is 2. The summed E-state index contributed by atoms with van der Waals surface area (Å²) in [5, 5.41) is 5.60. The highest BCUT2D eigenvalue weighted by Gasteiger charge is 2.42. The largest absolute Gasteiger partial charge is 0.466 e. The number of carbonyl (C=O) groups is 4. The van der Waals surface area contributed by atoms with Gasteiger partial charge in [0.05, 0.1) is 13.0 Å². The molecule has 9 nitrogen and oxygen atoms in total. The van der Waals surface area contributed by atoms with Crippen molar-refractivity contribution in [2.24, 2.45) is 0 Å². The number of ether oxygens (including phenoxy) is 2. The lowest BCUT2D eigenvalue weighted by molar-refractivity contribution is -0.148. The van der Waals surface area contributed by atoms with Crippen LogP contribution in [0.5, 0.6) is 0 Å². The maximum absolute atomic E-state index is 14.4. The van der Waals surface area contributed by atoms with E-state index < -0.39 is 35.7 Å². The van der Waals surface area contributed by atoms with Gasteiger partial charge in [-0.25, -0.2) is 4.79 Å². The molecule has 2 unspecified atom stereocenters. The smallest absolute Gasteiger partial charge is 0.408 e. The Kier molecular flexibility index (Phi) is 11.1. The molecule has 0 aliphatic heterocycles. The van der Waals surface area contributed by atoms with Gasteiger partial charge in [0, 0.05) is 19.0 Å². The molecule has 1 aliphatic rings. The molecule has 3 rings (SSSR count). The molecule has 40 heavy (non-hydrogen) atoms. The van der Waals surface area contributed by atoms with Gasteiger partial charge in [-0.15, -0.1) is 0 Å². The number of alkyl carbamates (subject to hydrolysis) is 1. The highest BCUT2D eigenvalue weighted by atomic mass is 16.6. The number of nitrogens with one attached hydrogen (secondary N) is 2. The fourth-order valence-electron chi connectivity index (χ4n) is 4.55. The topological polar surface area (TPSA) is 114 Å². The van der Waals surface area contributed by atoms with E-state index in [9.17, 15) is 19.2 Å². The molecule has 1 saturated carbocycles. The lowest BCUT2D eigenvalue weighted by Crippen LogP contribution is -2.58. The van der Waals surface area contributed by atoms with E-state index in [0.29, 0.717) is 5.56 Å². The van der Waals surface area contributed by atoms with Crippen molar-refractivity contribution in [3.05, 3.63) is 71.8 Å². The predicted molar refractivity (Wildman–Crippen MR) is 151 cm³/mol. The summed E-state index contributed by atoms with van der Waals surface area (Å²) in [6.07, 6.45) is 1.98. The van der Waals surface area contributed by atoms with E-state index in [4.69, 9.17) is 9.47 Å². The second-order valence-corrected chi connectivity index (χ2v) is 10.9. The van der Waals surface area contributed by atoms with Crippen molar-refractivity contribution in [2.75, 3.05) is 13.2 Å². The molecule has 1 aliphatic carbocycles. The summed E-state index contributed by atoms with van der Waals surface area (Å²) < 4.78 is 10.5. The van der Waals surface area contributed by atoms with Gasteiger partial charge in [0.2, 0.25) is 11.8 Å². The Labute approximate surface area is 236 Å². The molecule has 3 amide bonds. The second kappa shape index (κ2) is 14.5. The van der Waals surface area contributed by atoms with Crippen molar-refractivity contribution < 1.29 is 28.7 Å². The fraction of sp³-hybridized carbons (Fsp3) is 0.484. The van der Waals surface area contributed by atoms with Gasteiger partial charge in [0.15, 0.2) is 0 Å². The summed E-state index contributed by atoms with van der Waals surface area (Å²) >= 11 is 0. The number of hydrogen-bond donors (Lipinski definition) is 2. The van der Waals surface area contributed by atoms with E-state index in [-0.39, 0.29) is 37.9 Å². The van der Waals surface area contributed by atoms with Gasteiger partial charge in [0.25, 0.3) is 0 Å². The Morgan fingerprint density at radius 2 is 1.60 bits per heavy atom. The van der Waals surface area contributed by atoms with E-state index in [1.54, 1.807) is 32.6 Å². The number of carbonyl (C=O) groups excluding carboxylic acids is 4. The zero-order valence-corrected chi connectivity index (χ0v) is 23.9. The van der Waals surface area contributed by atoms with Crippen LogP contribution >= 0.6 is 0 Å². The maximum Gasteiger partial charge on any atom is 0.408 e. The van der Waals surface area contributed by atoms with Gasteiger partial charge in [-0.1, -0.05) is 60.7 Å². The number of amides is 3. The molecule has 0 radical (unpaired) electrons. The van der Waals surface area contributed by atoms with Crippen LogP contribution in [0.1, 0.15) is 70.5 Å². The third kappa shape index (κ3) is 9.10. The van der Waals surface area contributed by atoms with Crippen LogP contribution in [0, 0.1) is 0 Å². The maximum atomic E-state index is 14.4. The average molecular weight is 552 g/mol. The molecule has 216 valence electrons. The number of esters is 1. The van der Waals surface area contributed by atoms with Crippen molar-refractivity contribution >= 4 is 23.9 Å². The fourth-order valence-corrected chi connectivity index (χ4v) is 4.55. The van der Waals surface area contributed by atoms with Crippen LogP contribution in [-0.4, -0.2) is 59.6 Å². The Morgan fingerprint density at radius 1 is 0.975 bits per heavy atom. The third-order valence-electron chi connectivity index (χ3n) is 6.57. The first-order valence-electron chi connectivity index (χ1n) is 13.9. The van der Waals surface area contributed by atoms with Crippen LogP contribution in [-0.2, 0) is 30.3 Å². The molecule has 1 fully saturated rings. The Morgan fingerprint density at radius 3 is 2.15 bits per heavy atom. The SMILES string of the molecule is CCOC(=O)CCNC(=O)C(c1ccccc1)N(C(=O)C(Cc1ccccc1)NC(=O)OC(C)(C)C)C1CCC1. The average Bonchev–Trinajstić information content (AvgIpc) is 2.87. The lowest BCUT2D eigenvalue weighted by atomic mass is 9.87. The minimum atomic E-state index is -0.962. The van der Waals surface area contributed by atoms with Crippen molar-refractivity contribution in [2.45, 2.75) is 83.5 Å². The van der Waals surface area contributed by atoms with Crippen LogP contribution in [0.4, 0.5) is 4.79 Å². The first-order valence-corrected chi connectivity index (χ1v) is 13.9. The van der Waals surface area contributed by atoms with Crippen LogP contribution in [0.2, 0.25) is 0 Å². The van der Waals surface area contributed by atoms with E-state index in [0.717, 1.165) is 24.8 Å². The van der Waals surface area contributed by atoms with Gasteiger partial charge in [-0.2, -0.15) is 0 Å². The van der Waals surface area contributed by atoms with Gasteiger partial charge in [0.1, 0.15) is 17.7 Å². The van der Waals surface area contributed by atoms with Crippen LogP contribution in [0.3, 0.4) is 0 Å². The second-order valence-electron chi connectivity index (χ2n) is 10.9. The summed E-state index contributed by atoms with van der Waals surface area (Å²) in [7, 11) is 0. The highest BCUT2D eigenvalue weighted by Crippen LogP contribution is 2.34. The van der Waals surface area contributed by atoms with Crippen molar-refractivity contribution in [3.63, 3.8) is 0 Å². The molecular weight excluding hydrogens is 510 g/mol.